The molecule has 0 fully saturated rings. The monoisotopic (exact) mass is 265 g/mol. The number of hydrogen-bond donors (Lipinski definition) is 1. The Morgan fingerprint density at radius 1 is 1.20 bits per heavy atom. The molecule has 1 rings (SSSR count). The Morgan fingerprint density at radius 3 is 2.35 bits per heavy atom. The van der Waals surface area contributed by atoms with E-state index in [0.29, 0.717) is 0 Å². The van der Waals surface area contributed by atoms with E-state index in [4.69, 9.17) is 5.41 Å². The van der Waals surface area contributed by atoms with Crippen LogP contribution in [0.15, 0.2) is 60.7 Å². The van der Waals surface area contributed by atoms with Crippen LogP contribution in [0.25, 0.3) is 5.57 Å². The van der Waals surface area contributed by atoms with Gasteiger partial charge in [-0.2, -0.15) is 0 Å². The van der Waals surface area contributed by atoms with E-state index in [9.17, 15) is 0 Å². The lowest BCUT2D eigenvalue weighted by molar-refractivity contribution is 1.28. The van der Waals surface area contributed by atoms with Gasteiger partial charge >= 0.3 is 0 Å². The van der Waals surface area contributed by atoms with Crippen LogP contribution >= 0.6 is 0 Å². The van der Waals surface area contributed by atoms with Gasteiger partial charge in [-0.15, -0.1) is 0 Å². The number of benzene rings is 1. The fourth-order valence-electron chi connectivity index (χ4n) is 2.19. The lowest BCUT2D eigenvalue weighted by atomic mass is 9.99. The van der Waals surface area contributed by atoms with Crippen LogP contribution in [0.2, 0.25) is 0 Å². The first kappa shape index (κ1) is 15.9. The molecule has 0 atom stereocenters. The van der Waals surface area contributed by atoms with Crippen LogP contribution in [0.3, 0.4) is 0 Å². The van der Waals surface area contributed by atoms with Crippen molar-refractivity contribution in [3.63, 3.8) is 0 Å². The van der Waals surface area contributed by atoms with Crippen molar-refractivity contribution in [2.24, 2.45) is 0 Å². The summed E-state index contributed by atoms with van der Waals surface area (Å²) >= 11 is 0. The summed E-state index contributed by atoms with van der Waals surface area (Å²) in [5.74, 6) is 0. The fraction of sp³-hybridized carbons (Fsp3) is 0.211. The highest BCUT2D eigenvalue weighted by atomic mass is 14.3. The summed E-state index contributed by atoms with van der Waals surface area (Å²) in [4.78, 5) is 0. The molecule has 0 spiro atoms. The van der Waals surface area contributed by atoms with E-state index in [1.54, 1.807) is 6.08 Å². The van der Waals surface area contributed by atoms with Gasteiger partial charge in [-0.25, -0.2) is 0 Å². The Labute approximate surface area is 122 Å². The maximum Gasteiger partial charge on any atom is 0.0253 e. The van der Waals surface area contributed by atoms with Gasteiger partial charge < -0.3 is 5.41 Å². The smallest absolute Gasteiger partial charge is 0.0253 e. The highest BCUT2D eigenvalue weighted by Crippen LogP contribution is 2.19. The van der Waals surface area contributed by atoms with Crippen molar-refractivity contribution in [1.82, 2.24) is 0 Å². The van der Waals surface area contributed by atoms with Crippen molar-refractivity contribution in [3.05, 3.63) is 77.4 Å². The zero-order valence-electron chi connectivity index (χ0n) is 12.6. The molecular weight excluding hydrogens is 242 g/mol. The normalized spacial score (nSPS) is 12.8. The Balaban J connectivity index is 3.06. The first-order chi connectivity index (χ1) is 9.60. The molecule has 1 aromatic carbocycles. The average molecular weight is 265 g/mol. The van der Waals surface area contributed by atoms with E-state index < -0.39 is 0 Å². The van der Waals surface area contributed by atoms with Crippen LogP contribution in [-0.2, 0) is 0 Å². The first-order valence-electron chi connectivity index (χ1n) is 6.84. The van der Waals surface area contributed by atoms with Crippen LogP contribution in [0.4, 0.5) is 0 Å². The molecule has 0 amide bonds. The summed E-state index contributed by atoms with van der Waals surface area (Å²) in [6.45, 7) is 9.91. The van der Waals surface area contributed by atoms with Gasteiger partial charge in [0.1, 0.15) is 0 Å². The minimum absolute atomic E-state index is 0.800. The van der Waals surface area contributed by atoms with Gasteiger partial charge in [-0.05, 0) is 43.9 Å². The van der Waals surface area contributed by atoms with Crippen molar-refractivity contribution < 1.29 is 0 Å². The van der Waals surface area contributed by atoms with Crippen LogP contribution in [0, 0.1) is 19.3 Å². The lowest BCUT2D eigenvalue weighted by Gasteiger charge is -2.06. The number of aryl methyl sites for hydroxylation is 2. The predicted octanol–water partition coefficient (Wildman–Crippen LogP) is 5.42. The number of allylic oxidation sites excluding steroid dienone is 7. The standard InChI is InChI=1S/C19H23N/c1-5-7-17(8-6-2)9-10-18(14-20)19-12-15(3)11-16(4)13-19/h5-8,10-14,20H,1,9H2,2-4H3/b8-6-,17-7+,18-10+,20-14?. The molecule has 0 aliphatic carbocycles. The largest absolute Gasteiger partial charge is 0.308 e. The molecule has 1 N–H and O–H groups in total. The van der Waals surface area contributed by atoms with Crippen LogP contribution in [0.5, 0.6) is 0 Å². The molecule has 0 aliphatic heterocycles. The third-order valence-corrected chi connectivity index (χ3v) is 2.98. The summed E-state index contributed by atoms with van der Waals surface area (Å²) in [5, 5.41) is 7.64. The molecule has 0 unspecified atom stereocenters. The molecule has 0 radical (unpaired) electrons. The maximum absolute atomic E-state index is 7.64. The lowest BCUT2D eigenvalue weighted by Crippen LogP contribution is -1.89. The topological polar surface area (TPSA) is 23.9 Å². The molecule has 104 valence electrons. The summed E-state index contributed by atoms with van der Waals surface area (Å²) in [7, 11) is 0. The highest BCUT2D eigenvalue weighted by Gasteiger charge is 2.01. The molecule has 0 aliphatic rings. The summed E-state index contributed by atoms with van der Waals surface area (Å²) in [6.07, 6.45) is 12.2. The molecule has 1 nitrogen and oxygen atoms in total. The predicted molar refractivity (Wildman–Crippen MR) is 90.4 cm³/mol. The summed E-state index contributed by atoms with van der Waals surface area (Å²) in [6, 6.07) is 6.39. The summed E-state index contributed by atoms with van der Waals surface area (Å²) < 4.78 is 0. The molecule has 0 aromatic heterocycles. The number of hydrogen-bond acceptors (Lipinski definition) is 1. The Hall–Kier alpha value is -2.15. The van der Waals surface area contributed by atoms with Crippen molar-refractivity contribution in [1.29, 1.82) is 5.41 Å². The fourth-order valence-corrected chi connectivity index (χ4v) is 2.19. The molecule has 1 aromatic rings. The van der Waals surface area contributed by atoms with Crippen molar-refractivity contribution >= 4 is 11.8 Å². The van der Waals surface area contributed by atoms with Gasteiger partial charge in [0.2, 0.25) is 0 Å². The van der Waals surface area contributed by atoms with Crippen LogP contribution in [0.1, 0.15) is 30.0 Å². The maximum atomic E-state index is 7.64. The van der Waals surface area contributed by atoms with Gasteiger partial charge in [0.15, 0.2) is 0 Å². The highest BCUT2D eigenvalue weighted by molar-refractivity contribution is 6.08. The van der Waals surface area contributed by atoms with Crippen molar-refractivity contribution in [3.8, 4) is 0 Å². The van der Waals surface area contributed by atoms with E-state index in [2.05, 4.69) is 50.8 Å². The number of nitrogens with one attached hydrogen (secondary N) is 1. The van der Waals surface area contributed by atoms with E-state index >= 15 is 0 Å². The second-order valence-electron chi connectivity index (χ2n) is 4.86. The summed E-state index contributed by atoms with van der Waals surface area (Å²) in [5.41, 5.74) is 5.70. The molecular formula is C19H23N. The van der Waals surface area contributed by atoms with Crippen LogP contribution < -0.4 is 0 Å². The van der Waals surface area contributed by atoms with E-state index in [1.807, 2.05) is 19.1 Å². The van der Waals surface area contributed by atoms with Crippen LogP contribution in [-0.4, -0.2) is 6.21 Å². The average Bonchev–Trinajstić information content (AvgIpc) is 2.38. The van der Waals surface area contributed by atoms with Gasteiger partial charge in [-0.1, -0.05) is 66.3 Å². The van der Waals surface area contributed by atoms with Gasteiger partial charge in [-0.3, -0.25) is 0 Å². The number of rotatable bonds is 6. The minimum atomic E-state index is 0.800. The quantitative estimate of drug-likeness (QED) is 0.525. The molecule has 1 heteroatoms. The zero-order valence-corrected chi connectivity index (χ0v) is 12.6. The van der Waals surface area contributed by atoms with Crippen molar-refractivity contribution in [2.75, 3.05) is 0 Å². The zero-order chi connectivity index (χ0) is 15.0. The SMILES string of the molecule is C=C/C=C(\C=C/C)C/C=C(\C=N)c1cc(C)cc(C)c1. The molecule has 0 heterocycles. The van der Waals surface area contributed by atoms with Gasteiger partial charge in [0.25, 0.3) is 0 Å². The third-order valence-electron chi connectivity index (χ3n) is 2.98. The van der Waals surface area contributed by atoms with Gasteiger partial charge in [0.05, 0.1) is 0 Å². The molecule has 0 saturated heterocycles. The van der Waals surface area contributed by atoms with E-state index in [0.717, 1.165) is 17.6 Å². The second kappa shape index (κ2) is 8.11. The van der Waals surface area contributed by atoms with Gasteiger partial charge in [0, 0.05) is 6.21 Å². The van der Waals surface area contributed by atoms with Crippen molar-refractivity contribution in [2.45, 2.75) is 27.2 Å². The Bertz CT molecular complexity index is 551. The van der Waals surface area contributed by atoms with E-state index in [-0.39, 0.29) is 0 Å². The Morgan fingerprint density at radius 2 is 1.85 bits per heavy atom. The van der Waals surface area contributed by atoms with E-state index in [1.165, 1.54) is 22.9 Å². The molecule has 0 saturated carbocycles. The minimum Gasteiger partial charge on any atom is -0.308 e. The second-order valence-corrected chi connectivity index (χ2v) is 4.86. The first-order valence-corrected chi connectivity index (χ1v) is 6.84. The Kier molecular flexibility index (Phi) is 6.45. The third kappa shape index (κ3) is 4.85. The molecule has 20 heavy (non-hydrogen) atoms. The molecule has 0 bridgehead atoms.